The van der Waals surface area contributed by atoms with Crippen molar-refractivity contribution < 1.29 is 14.3 Å². The molecule has 0 aromatic carbocycles. The average molecular weight is 270 g/mol. The minimum atomic E-state index is -0.243. The molecule has 1 heterocycles. The van der Waals surface area contributed by atoms with Gasteiger partial charge in [0.05, 0.1) is 13.2 Å². The fraction of sp³-hybridized carbons (Fsp3) is 0.857. The fourth-order valence-electron chi connectivity index (χ4n) is 2.47. The highest BCUT2D eigenvalue weighted by Crippen LogP contribution is 2.18. The second kappa shape index (κ2) is 8.15. The van der Waals surface area contributed by atoms with Gasteiger partial charge in [0.15, 0.2) is 0 Å². The summed E-state index contributed by atoms with van der Waals surface area (Å²) >= 11 is 0. The summed E-state index contributed by atoms with van der Waals surface area (Å²) in [5, 5.41) is 3.00. The molecule has 0 aromatic heterocycles. The topological polar surface area (TPSA) is 58.6 Å². The summed E-state index contributed by atoms with van der Waals surface area (Å²) in [5.74, 6) is -0.194. The van der Waals surface area contributed by atoms with Crippen LogP contribution in [-0.4, -0.2) is 48.6 Å². The molecule has 0 saturated carbocycles. The number of nitrogens with zero attached hydrogens (tertiary/aromatic N) is 1. The first-order valence-electron chi connectivity index (χ1n) is 7.32. The maximum absolute atomic E-state index is 11.9. The highest BCUT2D eigenvalue weighted by molar-refractivity contribution is 5.81. The van der Waals surface area contributed by atoms with Crippen LogP contribution in [0.1, 0.15) is 46.5 Å². The van der Waals surface area contributed by atoms with Gasteiger partial charge in [0, 0.05) is 6.04 Å². The van der Waals surface area contributed by atoms with E-state index >= 15 is 0 Å². The van der Waals surface area contributed by atoms with E-state index in [2.05, 4.69) is 19.2 Å². The molecule has 0 aliphatic carbocycles. The summed E-state index contributed by atoms with van der Waals surface area (Å²) in [5.41, 5.74) is 0. The Labute approximate surface area is 115 Å². The first kappa shape index (κ1) is 16.0. The van der Waals surface area contributed by atoms with Crippen molar-refractivity contribution in [3.05, 3.63) is 0 Å². The Morgan fingerprint density at radius 3 is 2.58 bits per heavy atom. The van der Waals surface area contributed by atoms with Crippen molar-refractivity contribution in [1.29, 1.82) is 0 Å². The van der Waals surface area contributed by atoms with E-state index in [1.54, 1.807) is 6.92 Å². The smallest absolute Gasteiger partial charge is 0.323 e. The lowest BCUT2D eigenvalue weighted by Gasteiger charge is -2.23. The van der Waals surface area contributed by atoms with Gasteiger partial charge in [-0.15, -0.1) is 0 Å². The molecule has 0 bridgehead atoms. The molecule has 1 atom stereocenters. The molecule has 1 fully saturated rings. The minimum absolute atomic E-state index is 0.00454. The highest BCUT2D eigenvalue weighted by Gasteiger charge is 2.32. The van der Waals surface area contributed by atoms with E-state index in [1.165, 1.54) is 0 Å². The number of rotatable bonds is 7. The van der Waals surface area contributed by atoms with Gasteiger partial charge < -0.3 is 10.1 Å². The van der Waals surface area contributed by atoms with E-state index in [1.807, 2.05) is 4.90 Å². The number of ether oxygens (including phenoxy) is 1. The summed E-state index contributed by atoms with van der Waals surface area (Å²) in [6, 6.07) is -0.0106. The number of esters is 1. The predicted molar refractivity (Wildman–Crippen MR) is 73.7 cm³/mol. The van der Waals surface area contributed by atoms with Crippen LogP contribution in [0, 0.1) is 0 Å². The van der Waals surface area contributed by atoms with E-state index < -0.39 is 0 Å². The van der Waals surface area contributed by atoms with Gasteiger partial charge in [-0.3, -0.25) is 14.5 Å². The molecule has 0 spiro atoms. The van der Waals surface area contributed by atoms with Crippen molar-refractivity contribution >= 4 is 11.9 Å². The van der Waals surface area contributed by atoms with Gasteiger partial charge in [-0.25, -0.2) is 0 Å². The summed E-state index contributed by atoms with van der Waals surface area (Å²) in [4.78, 5) is 25.7. The fourth-order valence-corrected chi connectivity index (χ4v) is 2.47. The first-order chi connectivity index (χ1) is 9.12. The van der Waals surface area contributed by atoms with Crippen LogP contribution in [0.2, 0.25) is 0 Å². The summed E-state index contributed by atoms with van der Waals surface area (Å²) in [7, 11) is 0. The largest absolute Gasteiger partial charge is 0.465 e. The molecule has 5 nitrogen and oxygen atoms in total. The molecule has 1 rings (SSSR count). The Bertz CT molecular complexity index is 303. The molecule has 0 radical (unpaired) electrons. The summed E-state index contributed by atoms with van der Waals surface area (Å²) in [6.45, 7) is 7.40. The molecule has 19 heavy (non-hydrogen) atoms. The molecule has 110 valence electrons. The van der Waals surface area contributed by atoms with Crippen LogP contribution in [0.5, 0.6) is 0 Å². The van der Waals surface area contributed by atoms with Gasteiger partial charge in [-0.2, -0.15) is 0 Å². The highest BCUT2D eigenvalue weighted by atomic mass is 16.5. The lowest BCUT2D eigenvalue weighted by atomic mass is 10.2. The van der Waals surface area contributed by atoms with E-state index in [4.69, 9.17) is 4.74 Å². The second-order valence-corrected chi connectivity index (χ2v) is 4.96. The number of hydrogen-bond acceptors (Lipinski definition) is 4. The van der Waals surface area contributed by atoms with Crippen molar-refractivity contribution in [3.8, 4) is 0 Å². The van der Waals surface area contributed by atoms with Crippen LogP contribution >= 0.6 is 0 Å². The van der Waals surface area contributed by atoms with E-state index in [0.717, 1.165) is 32.2 Å². The number of carbonyl (C=O) groups is 2. The summed E-state index contributed by atoms with van der Waals surface area (Å²) < 4.78 is 5.05. The van der Waals surface area contributed by atoms with Crippen molar-refractivity contribution in [1.82, 2.24) is 10.2 Å². The number of hydrogen-bond donors (Lipinski definition) is 1. The van der Waals surface area contributed by atoms with Crippen LogP contribution < -0.4 is 5.32 Å². The SMILES string of the molecule is CCOC(=O)C1CCCN1CC(=O)NC(CC)CC. The van der Waals surface area contributed by atoms with Crippen molar-refractivity contribution in [2.24, 2.45) is 0 Å². The van der Waals surface area contributed by atoms with Gasteiger partial charge in [0.1, 0.15) is 6.04 Å². The molecule has 1 amide bonds. The van der Waals surface area contributed by atoms with E-state index in [0.29, 0.717) is 13.2 Å². The van der Waals surface area contributed by atoms with Crippen molar-refractivity contribution in [2.45, 2.75) is 58.5 Å². The second-order valence-electron chi connectivity index (χ2n) is 4.96. The molecule has 5 heteroatoms. The quantitative estimate of drug-likeness (QED) is 0.709. The average Bonchev–Trinajstić information content (AvgIpc) is 2.84. The molecular formula is C14H26N2O3. The third kappa shape index (κ3) is 4.82. The van der Waals surface area contributed by atoms with Gasteiger partial charge in [0.25, 0.3) is 0 Å². The Morgan fingerprint density at radius 1 is 1.32 bits per heavy atom. The number of carbonyl (C=O) groups excluding carboxylic acids is 2. The maximum Gasteiger partial charge on any atom is 0.323 e. The Balaban J connectivity index is 2.46. The molecular weight excluding hydrogens is 244 g/mol. The lowest BCUT2D eigenvalue weighted by molar-refractivity contribution is -0.148. The van der Waals surface area contributed by atoms with Crippen LogP contribution in [0.3, 0.4) is 0 Å². The molecule has 1 saturated heterocycles. The summed E-state index contributed by atoms with van der Waals surface area (Å²) in [6.07, 6.45) is 3.60. The Hall–Kier alpha value is -1.10. The number of nitrogens with one attached hydrogen (secondary N) is 1. The molecule has 1 aliphatic rings. The van der Waals surface area contributed by atoms with Gasteiger partial charge in [0.2, 0.25) is 5.91 Å². The van der Waals surface area contributed by atoms with Crippen molar-refractivity contribution in [2.75, 3.05) is 19.7 Å². The maximum atomic E-state index is 11.9. The number of amides is 1. The van der Waals surface area contributed by atoms with Crippen LogP contribution in [0.15, 0.2) is 0 Å². The molecule has 1 aliphatic heterocycles. The zero-order chi connectivity index (χ0) is 14.3. The third-order valence-electron chi connectivity index (χ3n) is 3.62. The van der Waals surface area contributed by atoms with Gasteiger partial charge in [-0.1, -0.05) is 13.8 Å². The zero-order valence-electron chi connectivity index (χ0n) is 12.3. The monoisotopic (exact) mass is 270 g/mol. The number of likely N-dealkylation sites (tertiary alicyclic amines) is 1. The molecule has 1 unspecified atom stereocenters. The minimum Gasteiger partial charge on any atom is -0.465 e. The standard InChI is InChI=1S/C14H26N2O3/c1-4-11(5-2)15-13(17)10-16-9-7-8-12(16)14(18)19-6-3/h11-12H,4-10H2,1-3H3,(H,15,17). The van der Waals surface area contributed by atoms with Crippen LogP contribution in [0.4, 0.5) is 0 Å². The third-order valence-corrected chi connectivity index (χ3v) is 3.62. The Morgan fingerprint density at radius 2 is 2.00 bits per heavy atom. The van der Waals surface area contributed by atoms with Crippen molar-refractivity contribution in [3.63, 3.8) is 0 Å². The zero-order valence-corrected chi connectivity index (χ0v) is 12.3. The van der Waals surface area contributed by atoms with Crippen LogP contribution in [0.25, 0.3) is 0 Å². The van der Waals surface area contributed by atoms with E-state index in [9.17, 15) is 9.59 Å². The first-order valence-corrected chi connectivity index (χ1v) is 7.32. The normalized spacial score (nSPS) is 19.7. The van der Waals surface area contributed by atoms with Gasteiger partial charge in [-0.05, 0) is 39.2 Å². The van der Waals surface area contributed by atoms with Crippen LogP contribution in [-0.2, 0) is 14.3 Å². The molecule has 1 N–H and O–H groups in total. The van der Waals surface area contributed by atoms with E-state index in [-0.39, 0.29) is 24.0 Å². The predicted octanol–water partition coefficient (Wildman–Crippen LogP) is 1.32. The molecule has 0 aromatic rings. The van der Waals surface area contributed by atoms with Gasteiger partial charge >= 0.3 is 5.97 Å². The Kier molecular flexibility index (Phi) is 6.84. The lowest BCUT2D eigenvalue weighted by Crippen LogP contribution is -2.45.